The summed E-state index contributed by atoms with van der Waals surface area (Å²) in [6.07, 6.45) is 1.36. The van der Waals surface area contributed by atoms with Crippen LogP contribution in [0, 0.1) is 0 Å². The second kappa shape index (κ2) is 5.61. The number of phenolic OH excluding ortho intramolecular Hbond substituents is 1. The summed E-state index contributed by atoms with van der Waals surface area (Å²) in [4.78, 5) is 26.0. The summed E-state index contributed by atoms with van der Waals surface area (Å²) in [5.74, 6) is -0.668. The number of hydrogen-bond acceptors (Lipinski definition) is 4. The zero-order valence-electron chi connectivity index (χ0n) is 12.7. The number of esters is 1. The van der Waals surface area contributed by atoms with Crippen LogP contribution >= 0.6 is 0 Å². The normalized spacial score (nSPS) is 15.0. The predicted octanol–water partition coefficient (Wildman–Crippen LogP) is 2.59. The van der Waals surface area contributed by atoms with Gasteiger partial charge in [-0.3, -0.25) is 4.79 Å². The second-order valence-corrected chi connectivity index (χ2v) is 5.19. The Hall–Kier alpha value is -3.08. The van der Waals surface area contributed by atoms with Gasteiger partial charge in [0.2, 0.25) is 0 Å². The third-order valence-corrected chi connectivity index (χ3v) is 3.85. The molecule has 23 heavy (non-hydrogen) atoms. The lowest BCUT2D eigenvalue weighted by Gasteiger charge is -2.18. The van der Waals surface area contributed by atoms with Gasteiger partial charge in [0.1, 0.15) is 5.75 Å². The maximum Gasteiger partial charge on any atom is 0.331 e. The standard InChI is InChI=1S/C18H15NO4/c1-19-16-9-11(20)7-8-13(16)15(10-17(21)23-2)12-5-3-4-6-14(12)18(19)22/h3-10,20H,1-2H3. The number of carbonyl (C=O) groups is 2. The number of carbonyl (C=O) groups excluding carboxylic acids is 2. The number of aromatic hydroxyl groups is 1. The van der Waals surface area contributed by atoms with E-state index >= 15 is 0 Å². The number of hydrogen-bond donors (Lipinski definition) is 1. The first-order chi connectivity index (χ1) is 11.0. The molecule has 0 aromatic heterocycles. The van der Waals surface area contributed by atoms with Crippen molar-refractivity contribution in [1.29, 1.82) is 0 Å². The molecular formula is C18H15NO4. The zero-order valence-corrected chi connectivity index (χ0v) is 12.7. The molecule has 0 aliphatic carbocycles. The van der Waals surface area contributed by atoms with E-state index in [-0.39, 0.29) is 11.7 Å². The van der Waals surface area contributed by atoms with Gasteiger partial charge in [0.25, 0.3) is 5.91 Å². The molecule has 0 saturated heterocycles. The number of benzene rings is 2. The van der Waals surface area contributed by atoms with Crippen LogP contribution in [0.1, 0.15) is 21.5 Å². The van der Waals surface area contributed by atoms with Crippen LogP contribution in [-0.2, 0) is 9.53 Å². The Balaban J connectivity index is 2.37. The molecule has 2 aromatic rings. The number of fused-ring (bicyclic) bond motifs is 2. The number of anilines is 1. The highest BCUT2D eigenvalue weighted by atomic mass is 16.5. The highest BCUT2D eigenvalue weighted by molar-refractivity contribution is 6.15. The van der Waals surface area contributed by atoms with E-state index in [9.17, 15) is 14.7 Å². The average molecular weight is 309 g/mol. The van der Waals surface area contributed by atoms with Crippen LogP contribution in [0.15, 0.2) is 48.5 Å². The Morgan fingerprint density at radius 1 is 1.13 bits per heavy atom. The van der Waals surface area contributed by atoms with Gasteiger partial charge in [0.05, 0.1) is 12.8 Å². The molecular weight excluding hydrogens is 294 g/mol. The molecule has 0 spiro atoms. The van der Waals surface area contributed by atoms with E-state index in [1.165, 1.54) is 30.2 Å². The SMILES string of the molecule is COC(=O)C=C1c2ccccc2C(=O)N(C)c2cc(O)ccc21. The first-order valence-electron chi connectivity index (χ1n) is 7.03. The summed E-state index contributed by atoms with van der Waals surface area (Å²) in [6.45, 7) is 0. The summed E-state index contributed by atoms with van der Waals surface area (Å²) in [5, 5.41) is 9.77. The van der Waals surface area contributed by atoms with E-state index in [0.29, 0.717) is 28.0 Å². The Morgan fingerprint density at radius 3 is 2.52 bits per heavy atom. The quantitative estimate of drug-likeness (QED) is 0.649. The molecule has 5 heteroatoms. The molecule has 2 aromatic carbocycles. The minimum absolute atomic E-state index is 0.0479. The van der Waals surface area contributed by atoms with Crippen molar-refractivity contribution >= 4 is 23.1 Å². The zero-order chi connectivity index (χ0) is 16.6. The predicted molar refractivity (Wildman–Crippen MR) is 86.4 cm³/mol. The molecule has 5 nitrogen and oxygen atoms in total. The molecule has 0 fully saturated rings. The van der Waals surface area contributed by atoms with E-state index in [4.69, 9.17) is 4.74 Å². The number of nitrogens with zero attached hydrogens (tertiary/aromatic N) is 1. The Labute approximate surface area is 133 Å². The van der Waals surface area contributed by atoms with Crippen LogP contribution in [0.25, 0.3) is 5.57 Å². The Kier molecular flexibility index (Phi) is 3.62. The van der Waals surface area contributed by atoms with Gasteiger partial charge in [-0.15, -0.1) is 0 Å². The number of methoxy groups -OCH3 is 1. The number of ether oxygens (including phenoxy) is 1. The van der Waals surface area contributed by atoms with Gasteiger partial charge in [-0.25, -0.2) is 4.79 Å². The molecule has 1 N–H and O–H groups in total. The fourth-order valence-corrected chi connectivity index (χ4v) is 2.70. The highest BCUT2D eigenvalue weighted by Crippen LogP contribution is 2.39. The van der Waals surface area contributed by atoms with E-state index < -0.39 is 5.97 Å². The van der Waals surface area contributed by atoms with Crippen LogP contribution in [0.4, 0.5) is 5.69 Å². The van der Waals surface area contributed by atoms with Crippen molar-refractivity contribution in [2.45, 2.75) is 0 Å². The van der Waals surface area contributed by atoms with Crippen LogP contribution < -0.4 is 4.90 Å². The van der Waals surface area contributed by atoms with Crippen molar-refractivity contribution in [2.75, 3.05) is 19.1 Å². The molecule has 1 aliphatic rings. The summed E-state index contributed by atoms with van der Waals surface area (Å²) in [6, 6.07) is 11.8. The number of rotatable bonds is 1. The fourth-order valence-electron chi connectivity index (χ4n) is 2.70. The summed E-state index contributed by atoms with van der Waals surface area (Å²) >= 11 is 0. The minimum Gasteiger partial charge on any atom is -0.508 e. The molecule has 1 aliphatic heterocycles. The molecule has 3 rings (SSSR count). The number of amides is 1. The lowest BCUT2D eigenvalue weighted by atomic mass is 9.94. The molecule has 1 heterocycles. The first-order valence-corrected chi connectivity index (χ1v) is 7.03. The topological polar surface area (TPSA) is 66.8 Å². The third kappa shape index (κ3) is 2.46. The molecule has 0 unspecified atom stereocenters. The van der Waals surface area contributed by atoms with Gasteiger partial charge in [-0.1, -0.05) is 18.2 Å². The molecule has 0 atom stereocenters. The maximum absolute atomic E-state index is 12.7. The van der Waals surface area contributed by atoms with Crippen LogP contribution in [0.2, 0.25) is 0 Å². The van der Waals surface area contributed by atoms with Gasteiger partial charge in [0, 0.05) is 30.3 Å². The summed E-state index contributed by atoms with van der Waals surface area (Å²) < 4.78 is 4.74. The van der Waals surface area contributed by atoms with Crippen molar-refractivity contribution in [1.82, 2.24) is 0 Å². The van der Waals surface area contributed by atoms with Crippen molar-refractivity contribution in [2.24, 2.45) is 0 Å². The van der Waals surface area contributed by atoms with Gasteiger partial charge in [-0.2, -0.15) is 0 Å². The minimum atomic E-state index is -0.508. The fraction of sp³-hybridized carbons (Fsp3) is 0.111. The van der Waals surface area contributed by atoms with E-state index in [1.54, 1.807) is 31.3 Å². The van der Waals surface area contributed by atoms with Crippen molar-refractivity contribution < 1.29 is 19.4 Å². The average Bonchev–Trinajstić information content (AvgIpc) is 2.65. The monoisotopic (exact) mass is 309 g/mol. The van der Waals surface area contributed by atoms with Gasteiger partial charge >= 0.3 is 5.97 Å². The van der Waals surface area contributed by atoms with Crippen LogP contribution in [0.5, 0.6) is 5.75 Å². The number of phenols is 1. The third-order valence-electron chi connectivity index (χ3n) is 3.85. The van der Waals surface area contributed by atoms with E-state index in [0.717, 1.165) is 0 Å². The van der Waals surface area contributed by atoms with E-state index in [1.807, 2.05) is 6.07 Å². The molecule has 0 radical (unpaired) electrons. The molecule has 1 amide bonds. The first kappa shape index (κ1) is 14.8. The second-order valence-electron chi connectivity index (χ2n) is 5.19. The Morgan fingerprint density at radius 2 is 1.83 bits per heavy atom. The molecule has 116 valence electrons. The molecule has 0 saturated carbocycles. The summed E-state index contributed by atoms with van der Waals surface area (Å²) in [5.41, 5.74) is 2.93. The van der Waals surface area contributed by atoms with Crippen LogP contribution in [0.3, 0.4) is 0 Å². The van der Waals surface area contributed by atoms with Crippen molar-refractivity contribution in [3.8, 4) is 5.75 Å². The lowest BCUT2D eigenvalue weighted by molar-refractivity contribution is -0.134. The maximum atomic E-state index is 12.7. The van der Waals surface area contributed by atoms with Crippen LogP contribution in [-0.4, -0.2) is 31.1 Å². The van der Waals surface area contributed by atoms with Crippen molar-refractivity contribution in [3.05, 3.63) is 65.2 Å². The van der Waals surface area contributed by atoms with Gasteiger partial charge in [0.15, 0.2) is 0 Å². The molecule has 0 bridgehead atoms. The largest absolute Gasteiger partial charge is 0.508 e. The highest BCUT2D eigenvalue weighted by Gasteiger charge is 2.27. The van der Waals surface area contributed by atoms with Gasteiger partial charge in [-0.05, 0) is 29.3 Å². The smallest absolute Gasteiger partial charge is 0.331 e. The van der Waals surface area contributed by atoms with Crippen molar-refractivity contribution in [3.63, 3.8) is 0 Å². The Bertz CT molecular complexity index is 839. The lowest BCUT2D eigenvalue weighted by Crippen LogP contribution is -2.26. The van der Waals surface area contributed by atoms with Gasteiger partial charge < -0.3 is 14.7 Å². The van der Waals surface area contributed by atoms with E-state index in [2.05, 4.69) is 0 Å². The summed E-state index contributed by atoms with van der Waals surface area (Å²) in [7, 11) is 2.94.